The van der Waals surface area contributed by atoms with Gasteiger partial charge in [-0.25, -0.2) is 0 Å². The van der Waals surface area contributed by atoms with Crippen molar-refractivity contribution < 1.29 is 4.79 Å². The zero-order valence-corrected chi connectivity index (χ0v) is 11.1. The second-order valence-electron chi connectivity index (χ2n) is 4.09. The lowest BCUT2D eigenvalue weighted by Gasteiger charge is -2.34. The standard InChI is InChI=1S/C12H16BrN3O/c13-10-4-2-1-3-9(10)11(7-14)16-6-5-15-12(17)8-16/h1-4,11H,5-8,14H2,(H,15,17). The SMILES string of the molecule is NCC(c1ccccc1Br)N1CCNC(=O)C1. The Balaban J connectivity index is 2.21. The van der Waals surface area contributed by atoms with E-state index in [1.807, 2.05) is 24.3 Å². The summed E-state index contributed by atoms with van der Waals surface area (Å²) in [5.41, 5.74) is 7.00. The zero-order valence-electron chi connectivity index (χ0n) is 9.53. The van der Waals surface area contributed by atoms with Crippen LogP contribution in [0.5, 0.6) is 0 Å². The van der Waals surface area contributed by atoms with Crippen molar-refractivity contribution in [2.45, 2.75) is 6.04 Å². The number of amides is 1. The summed E-state index contributed by atoms with van der Waals surface area (Å²) in [5.74, 6) is 0.0711. The molecule has 1 fully saturated rings. The van der Waals surface area contributed by atoms with Crippen molar-refractivity contribution in [1.29, 1.82) is 0 Å². The van der Waals surface area contributed by atoms with Crippen LogP contribution in [-0.4, -0.2) is 37.0 Å². The summed E-state index contributed by atoms with van der Waals surface area (Å²) >= 11 is 3.54. The van der Waals surface area contributed by atoms with E-state index in [-0.39, 0.29) is 11.9 Å². The van der Waals surface area contributed by atoms with Crippen LogP contribution in [0.3, 0.4) is 0 Å². The lowest BCUT2D eigenvalue weighted by Crippen LogP contribution is -2.50. The number of rotatable bonds is 3. The van der Waals surface area contributed by atoms with Crippen LogP contribution in [0, 0.1) is 0 Å². The maximum Gasteiger partial charge on any atom is 0.234 e. The highest BCUT2D eigenvalue weighted by Gasteiger charge is 2.25. The number of carbonyl (C=O) groups is 1. The molecular weight excluding hydrogens is 282 g/mol. The number of nitrogens with one attached hydrogen (secondary N) is 1. The van der Waals surface area contributed by atoms with Crippen LogP contribution in [0.4, 0.5) is 0 Å². The molecule has 17 heavy (non-hydrogen) atoms. The third-order valence-electron chi connectivity index (χ3n) is 3.00. The van der Waals surface area contributed by atoms with Crippen LogP contribution >= 0.6 is 15.9 Å². The second kappa shape index (κ2) is 5.62. The molecule has 0 aliphatic carbocycles. The van der Waals surface area contributed by atoms with Crippen LogP contribution < -0.4 is 11.1 Å². The Kier molecular flexibility index (Phi) is 4.15. The van der Waals surface area contributed by atoms with Gasteiger partial charge >= 0.3 is 0 Å². The number of hydrogen-bond acceptors (Lipinski definition) is 3. The Morgan fingerprint density at radius 3 is 2.88 bits per heavy atom. The van der Waals surface area contributed by atoms with E-state index in [2.05, 4.69) is 26.1 Å². The van der Waals surface area contributed by atoms with Crippen molar-refractivity contribution >= 4 is 21.8 Å². The largest absolute Gasteiger partial charge is 0.354 e. The van der Waals surface area contributed by atoms with Gasteiger partial charge in [-0.1, -0.05) is 34.1 Å². The Morgan fingerprint density at radius 2 is 2.24 bits per heavy atom. The average molecular weight is 298 g/mol. The Labute approximate surface area is 109 Å². The fraction of sp³-hybridized carbons (Fsp3) is 0.417. The van der Waals surface area contributed by atoms with Crippen molar-refractivity contribution in [2.75, 3.05) is 26.2 Å². The van der Waals surface area contributed by atoms with Crippen molar-refractivity contribution in [1.82, 2.24) is 10.2 Å². The van der Waals surface area contributed by atoms with E-state index < -0.39 is 0 Å². The smallest absolute Gasteiger partial charge is 0.234 e. The molecule has 2 rings (SSSR count). The van der Waals surface area contributed by atoms with Crippen LogP contribution in [0.1, 0.15) is 11.6 Å². The first kappa shape index (κ1) is 12.5. The molecule has 1 aromatic rings. The third kappa shape index (κ3) is 2.86. The van der Waals surface area contributed by atoms with Crippen molar-refractivity contribution in [3.8, 4) is 0 Å². The Bertz CT molecular complexity index is 410. The molecule has 3 N–H and O–H groups in total. The fourth-order valence-corrected chi connectivity index (χ4v) is 2.69. The van der Waals surface area contributed by atoms with Gasteiger partial charge in [0.25, 0.3) is 0 Å². The van der Waals surface area contributed by atoms with Crippen molar-refractivity contribution in [3.05, 3.63) is 34.3 Å². The van der Waals surface area contributed by atoms with Crippen molar-refractivity contribution in [3.63, 3.8) is 0 Å². The first-order valence-corrected chi connectivity index (χ1v) is 6.47. The molecule has 1 heterocycles. The number of benzene rings is 1. The summed E-state index contributed by atoms with van der Waals surface area (Å²) in [6, 6.07) is 8.11. The van der Waals surface area contributed by atoms with Gasteiger partial charge in [0, 0.05) is 30.1 Å². The highest BCUT2D eigenvalue weighted by atomic mass is 79.9. The monoisotopic (exact) mass is 297 g/mol. The summed E-state index contributed by atoms with van der Waals surface area (Å²) in [7, 11) is 0. The van der Waals surface area contributed by atoms with E-state index >= 15 is 0 Å². The molecule has 1 aromatic carbocycles. The maximum absolute atomic E-state index is 11.4. The van der Waals surface area contributed by atoms with Gasteiger partial charge in [0.2, 0.25) is 5.91 Å². The number of piperazine rings is 1. The normalized spacial score (nSPS) is 18.8. The summed E-state index contributed by atoms with van der Waals surface area (Å²) in [4.78, 5) is 13.5. The lowest BCUT2D eigenvalue weighted by molar-refractivity contribution is -0.124. The quantitative estimate of drug-likeness (QED) is 0.871. The minimum Gasteiger partial charge on any atom is -0.354 e. The molecule has 0 aromatic heterocycles. The average Bonchev–Trinajstić information content (AvgIpc) is 2.33. The lowest BCUT2D eigenvalue weighted by atomic mass is 10.0. The Hall–Kier alpha value is -0.910. The van der Waals surface area contributed by atoms with Crippen LogP contribution in [0.25, 0.3) is 0 Å². The maximum atomic E-state index is 11.4. The Morgan fingerprint density at radius 1 is 1.47 bits per heavy atom. The molecule has 0 spiro atoms. The summed E-state index contributed by atoms with van der Waals surface area (Å²) in [6.07, 6.45) is 0. The molecule has 1 saturated heterocycles. The topological polar surface area (TPSA) is 58.4 Å². The molecule has 1 unspecified atom stereocenters. The highest BCUT2D eigenvalue weighted by Crippen LogP contribution is 2.27. The minimum atomic E-state index is 0.0711. The number of halogens is 1. The van der Waals surface area contributed by atoms with Gasteiger partial charge in [0.05, 0.1) is 6.54 Å². The fourth-order valence-electron chi connectivity index (χ4n) is 2.14. The van der Waals surface area contributed by atoms with E-state index in [1.54, 1.807) is 0 Å². The molecule has 92 valence electrons. The molecule has 1 aliphatic rings. The molecule has 0 bridgehead atoms. The summed E-state index contributed by atoms with van der Waals surface area (Å²) in [6.45, 7) is 2.47. The number of carbonyl (C=O) groups excluding carboxylic acids is 1. The van der Waals surface area contributed by atoms with Gasteiger partial charge < -0.3 is 11.1 Å². The molecule has 1 aliphatic heterocycles. The van der Waals surface area contributed by atoms with Crippen LogP contribution in [0.2, 0.25) is 0 Å². The molecule has 1 amide bonds. The van der Waals surface area contributed by atoms with Gasteiger partial charge in [-0.3, -0.25) is 9.69 Å². The van der Waals surface area contributed by atoms with E-state index in [4.69, 9.17) is 5.73 Å². The van der Waals surface area contributed by atoms with E-state index in [0.717, 1.165) is 16.6 Å². The number of nitrogens with two attached hydrogens (primary N) is 1. The van der Waals surface area contributed by atoms with Crippen LogP contribution in [-0.2, 0) is 4.79 Å². The summed E-state index contributed by atoms with van der Waals surface area (Å²) < 4.78 is 1.04. The van der Waals surface area contributed by atoms with E-state index in [1.165, 1.54) is 0 Å². The number of nitrogens with zero attached hydrogens (tertiary/aromatic N) is 1. The second-order valence-corrected chi connectivity index (χ2v) is 4.95. The molecular formula is C12H16BrN3O. The molecule has 4 nitrogen and oxygen atoms in total. The molecule has 0 saturated carbocycles. The van der Waals surface area contributed by atoms with Gasteiger partial charge in [0.1, 0.15) is 0 Å². The minimum absolute atomic E-state index is 0.0711. The van der Waals surface area contributed by atoms with Gasteiger partial charge in [0.15, 0.2) is 0 Å². The first-order chi connectivity index (χ1) is 8.22. The third-order valence-corrected chi connectivity index (χ3v) is 3.72. The van der Waals surface area contributed by atoms with Gasteiger partial charge in [-0.05, 0) is 11.6 Å². The van der Waals surface area contributed by atoms with Crippen molar-refractivity contribution in [2.24, 2.45) is 5.73 Å². The predicted molar refractivity (Wildman–Crippen MR) is 70.5 cm³/mol. The summed E-state index contributed by atoms with van der Waals surface area (Å²) in [5, 5.41) is 2.82. The van der Waals surface area contributed by atoms with E-state index in [9.17, 15) is 4.79 Å². The van der Waals surface area contributed by atoms with Gasteiger partial charge in [-0.15, -0.1) is 0 Å². The van der Waals surface area contributed by atoms with E-state index in [0.29, 0.717) is 19.6 Å². The predicted octanol–water partition coefficient (Wildman–Crippen LogP) is 0.881. The van der Waals surface area contributed by atoms with Gasteiger partial charge in [-0.2, -0.15) is 0 Å². The first-order valence-electron chi connectivity index (χ1n) is 5.67. The van der Waals surface area contributed by atoms with Crippen LogP contribution in [0.15, 0.2) is 28.7 Å². The molecule has 5 heteroatoms. The highest BCUT2D eigenvalue weighted by molar-refractivity contribution is 9.10. The zero-order chi connectivity index (χ0) is 12.3. The molecule has 1 atom stereocenters. The number of hydrogen-bond donors (Lipinski definition) is 2. The molecule has 0 radical (unpaired) electrons.